The van der Waals surface area contributed by atoms with E-state index < -0.39 is 42.2 Å². The molecular formula is C21H30BNO8. The van der Waals surface area contributed by atoms with Gasteiger partial charge in [0.15, 0.2) is 0 Å². The number of esters is 2. The Labute approximate surface area is 182 Å². The molecule has 0 aliphatic carbocycles. The normalized spacial score (nSPS) is 17.6. The van der Waals surface area contributed by atoms with Crippen molar-refractivity contribution >= 4 is 30.4 Å². The van der Waals surface area contributed by atoms with Gasteiger partial charge >= 0.3 is 19.1 Å². The molecule has 1 N–H and O–H groups in total. The number of hydrogen-bond donors (Lipinski definition) is 1. The van der Waals surface area contributed by atoms with Crippen molar-refractivity contribution in [2.45, 2.75) is 58.3 Å². The molecule has 2 rings (SSSR count). The molecule has 1 heterocycles. The smallest absolute Gasteiger partial charge is 0.493 e. The number of methoxy groups -OCH3 is 2. The molecule has 1 aliphatic rings. The molecule has 0 saturated carbocycles. The summed E-state index contributed by atoms with van der Waals surface area (Å²) >= 11 is 0. The van der Waals surface area contributed by atoms with Crippen LogP contribution in [0.2, 0.25) is 0 Å². The van der Waals surface area contributed by atoms with Gasteiger partial charge < -0.3 is 28.8 Å². The summed E-state index contributed by atoms with van der Waals surface area (Å²) < 4.78 is 27.0. The first kappa shape index (κ1) is 24.7. The van der Waals surface area contributed by atoms with E-state index in [2.05, 4.69) is 14.8 Å². The van der Waals surface area contributed by atoms with Crippen LogP contribution in [0.15, 0.2) is 18.2 Å². The fourth-order valence-corrected chi connectivity index (χ4v) is 2.95. The highest BCUT2D eigenvalue weighted by Crippen LogP contribution is 2.36. The molecule has 1 amide bonds. The quantitative estimate of drug-likeness (QED) is 0.480. The molecule has 170 valence electrons. The van der Waals surface area contributed by atoms with Crippen LogP contribution in [-0.4, -0.2) is 63.0 Å². The highest BCUT2D eigenvalue weighted by molar-refractivity contribution is 6.62. The minimum Gasteiger partial charge on any atom is -0.493 e. The first-order chi connectivity index (χ1) is 14.5. The van der Waals surface area contributed by atoms with Crippen molar-refractivity contribution in [2.24, 2.45) is 0 Å². The molecular weight excluding hydrogens is 405 g/mol. The number of carbonyl (C=O) groups is 3. The number of carbonyl (C=O) groups excluding carboxylic acids is 3. The number of rotatable bonds is 8. The summed E-state index contributed by atoms with van der Waals surface area (Å²) in [6.07, 6.45) is -0.356. The van der Waals surface area contributed by atoms with Gasteiger partial charge in [-0.15, -0.1) is 0 Å². The van der Waals surface area contributed by atoms with Crippen molar-refractivity contribution in [3.8, 4) is 5.75 Å². The lowest BCUT2D eigenvalue weighted by Crippen LogP contribution is -2.43. The molecule has 31 heavy (non-hydrogen) atoms. The lowest BCUT2D eigenvalue weighted by molar-refractivity contribution is -0.149. The van der Waals surface area contributed by atoms with Crippen molar-refractivity contribution in [2.75, 3.05) is 20.8 Å². The van der Waals surface area contributed by atoms with E-state index >= 15 is 0 Å². The van der Waals surface area contributed by atoms with E-state index in [1.807, 2.05) is 27.7 Å². The lowest BCUT2D eigenvalue weighted by Gasteiger charge is -2.32. The molecule has 9 nitrogen and oxygen atoms in total. The highest BCUT2D eigenvalue weighted by Gasteiger charge is 2.51. The topological polar surface area (TPSA) is 109 Å². The summed E-state index contributed by atoms with van der Waals surface area (Å²) in [4.78, 5) is 36.4. The fraction of sp³-hybridized carbons (Fsp3) is 0.571. The van der Waals surface area contributed by atoms with Gasteiger partial charge in [0, 0.05) is 0 Å². The molecule has 0 spiro atoms. The van der Waals surface area contributed by atoms with Crippen LogP contribution >= 0.6 is 0 Å². The maximum Gasteiger partial charge on any atom is 0.494 e. The van der Waals surface area contributed by atoms with Crippen molar-refractivity contribution in [1.82, 2.24) is 5.32 Å². The lowest BCUT2D eigenvalue weighted by atomic mass is 9.78. The summed E-state index contributed by atoms with van der Waals surface area (Å²) in [5, 5.41) is 2.51. The Morgan fingerprint density at radius 3 is 2.19 bits per heavy atom. The van der Waals surface area contributed by atoms with Crippen LogP contribution in [0.3, 0.4) is 0 Å². The van der Waals surface area contributed by atoms with Gasteiger partial charge in [-0.2, -0.15) is 0 Å². The van der Waals surface area contributed by atoms with Crippen LogP contribution in [0.25, 0.3) is 0 Å². The predicted molar refractivity (Wildman–Crippen MR) is 113 cm³/mol. The molecule has 10 heteroatoms. The Morgan fingerprint density at radius 1 is 1.06 bits per heavy atom. The maximum atomic E-state index is 12.9. The number of amides is 1. The highest BCUT2D eigenvalue weighted by atomic mass is 16.7. The van der Waals surface area contributed by atoms with Crippen molar-refractivity contribution in [1.29, 1.82) is 0 Å². The fourth-order valence-electron chi connectivity index (χ4n) is 2.95. The Hall–Kier alpha value is -2.59. The molecule has 1 aromatic rings. The summed E-state index contributed by atoms with van der Waals surface area (Å²) in [6, 6.07) is 3.75. The number of hydrogen-bond acceptors (Lipinski definition) is 8. The van der Waals surface area contributed by atoms with E-state index in [1.165, 1.54) is 14.2 Å². The zero-order valence-corrected chi connectivity index (χ0v) is 19.1. The number of nitrogens with one attached hydrogen (secondary N) is 1. The van der Waals surface area contributed by atoms with Gasteiger partial charge in [0.1, 0.15) is 11.8 Å². The van der Waals surface area contributed by atoms with Crippen LogP contribution in [-0.2, 0) is 28.4 Å². The second-order valence-electron chi connectivity index (χ2n) is 8.11. The molecule has 0 aromatic heterocycles. The zero-order chi connectivity index (χ0) is 23.4. The van der Waals surface area contributed by atoms with Gasteiger partial charge in [-0.05, 0) is 52.2 Å². The summed E-state index contributed by atoms with van der Waals surface area (Å²) in [5.41, 5.74) is -0.138. The molecule has 1 atom stereocenters. The van der Waals surface area contributed by atoms with Crippen LogP contribution in [0.1, 0.15) is 51.4 Å². The van der Waals surface area contributed by atoms with E-state index in [1.54, 1.807) is 25.1 Å². The van der Waals surface area contributed by atoms with Gasteiger partial charge in [0.25, 0.3) is 5.91 Å². The Balaban J connectivity index is 2.28. The van der Waals surface area contributed by atoms with E-state index in [0.717, 1.165) is 0 Å². The van der Waals surface area contributed by atoms with Crippen LogP contribution < -0.4 is 15.5 Å². The van der Waals surface area contributed by atoms with Crippen molar-refractivity contribution in [3.05, 3.63) is 23.8 Å². The maximum absolute atomic E-state index is 12.9. The van der Waals surface area contributed by atoms with Gasteiger partial charge in [0.05, 0.1) is 44.0 Å². The third-order valence-electron chi connectivity index (χ3n) is 5.47. The second kappa shape index (κ2) is 9.70. The monoisotopic (exact) mass is 435 g/mol. The average molecular weight is 435 g/mol. The third-order valence-corrected chi connectivity index (χ3v) is 5.47. The van der Waals surface area contributed by atoms with E-state index in [0.29, 0.717) is 17.8 Å². The number of benzene rings is 1. The first-order valence-corrected chi connectivity index (χ1v) is 10.0. The Morgan fingerprint density at radius 2 is 1.68 bits per heavy atom. The van der Waals surface area contributed by atoms with Gasteiger partial charge in [-0.3, -0.25) is 9.59 Å². The summed E-state index contributed by atoms with van der Waals surface area (Å²) in [7, 11) is 1.74. The minimum absolute atomic E-state index is 0.195. The van der Waals surface area contributed by atoms with Gasteiger partial charge in [0.2, 0.25) is 0 Å². The largest absolute Gasteiger partial charge is 0.494 e. The predicted octanol–water partition coefficient (Wildman–Crippen LogP) is 1.22. The van der Waals surface area contributed by atoms with E-state index in [4.69, 9.17) is 14.0 Å². The molecule has 0 unspecified atom stereocenters. The van der Waals surface area contributed by atoms with E-state index in [-0.39, 0.29) is 12.0 Å². The Bertz CT molecular complexity index is 823. The Kier molecular flexibility index (Phi) is 7.72. The minimum atomic E-state index is -1.19. The molecule has 1 aliphatic heterocycles. The van der Waals surface area contributed by atoms with Crippen LogP contribution in [0.4, 0.5) is 0 Å². The SMILES string of the molecule is CCOc1cc(B2OC(C)(C)C(C)(C)O2)ccc1C(=O)N[C@@H](CC(=O)OC)C(=O)OC. The second-order valence-corrected chi connectivity index (χ2v) is 8.11. The van der Waals surface area contributed by atoms with Gasteiger partial charge in [-0.25, -0.2) is 4.79 Å². The first-order valence-electron chi connectivity index (χ1n) is 10.0. The molecule has 0 radical (unpaired) electrons. The molecule has 0 bridgehead atoms. The molecule has 1 aromatic carbocycles. The average Bonchev–Trinajstić information content (AvgIpc) is 2.93. The van der Waals surface area contributed by atoms with Gasteiger partial charge in [-0.1, -0.05) is 6.07 Å². The third kappa shape index (κ3) is 5.56. The van der Waals surface area contributed by atoms with Crippen LogP contribution in [0, 0.1) is 0 Å². The molecule has 1 saturated heterocycles. The van der Waals surface area contributed by atoms with Crippen LogP contribution in [0.5, 0.6) is 5.75 Å². The van der Waals surface area contributed by atoms with E-state index in [9.17, 15) is 14.4 Å². The summed E-state index contributed by atoms with van der Waals surface area (Å²) in [6.45, 7) is 9.91. The molecule has 1 fully saturated rings. The van der Waals surface area contributed by atoms with Crippen molar-refractivity contribution in [3.63, 3.8) is 0 Å². The number of ether oxygens (including phenoxy) is 3. The van der Waals surface area contributed by atoms with Crippen molar-refractivity contribution < 1.29 is 37.9 Å². The standard InChI is InChI=1S/C21H30BNO8/c1-8-29-16-11-13(22-30-20(2,3)21(4,5)31-22)9-10-14(16)18(25)23-15(19(26)28-7)12-17(24)27-6/h9-11,15H,8,12H2,1-7H3,(H,23,25)/t15-/m0/s1. The summed E-state index contributed by atoms with van der Waals surface area (Å²) in [5.74, 6) is -1.71. The zero-order valence-electron chi connectivity index (χ0n) is 19.1.